The Morgan fingerprint density at radius 3 is 2.08 bits per heavy atom. The lowest BCUT2D eigenvalue weighted by molar-refractivity contribution is -0.183. The van der Waals surface area contributed by atoms with E-state index in [0.717, 1.165) is 62.4 Å². The lowest BCUT2D eigenvalue weighted by Crippen LogP contribution is -2.62. The number of aliphatic hydroxyl groups excluding tert-OH is 2. The highest BCUT2D eigenvalue weighted by molar-refractivity contribution is 5.94. The summed E-state index contributed by atoms with van der Waals surface area (Å²) in [6, 6.07) is 15.3. The molecular weight excluding hydrogens is 667 g/mol. The van der Waals surface area contributed by atoms with Gasteiger partial charge in [-0.2, -0.15) is 5.06 Å². The Bertz CT molecular complexity index is 1480. The van der Waals surface area contributed by atoms with Gasteiger partial charge < -0.3 is 30.2 Å². The Labute approximate surface area is 318 Å². The van der Waals surface area contributed by atoms with E-state index < -0.39 is 24.2 Å². The summed E-state index contributed by atoms with van der Waals surface area (Å²) in [5.74, 6) is 0.888. The molecule has 2 aromatic rings. The van der Waals surface area contributed by atoms with Gasteiger partial charge in [-0.05, 0) is 104 Å². The first-order valence-electron chi connectivity index (χ1n) is 20.3. The predicted octanol–water partition coefficient (Wildman–Crippen LogP) is 5.14. The van der Waals surface area contributed by atoms with Gasteiger partial charge in [0.2, 0.25) is 5.91 Å². The van der Waals surface area contributed by atoms with E-state index in [2.05, 4.69) is 69.6 Å². The van der Waals surface area contributed by atoms with E-state index in [-0.39, 0.29) is 24.5 Å². The minimum atomic E-state index is -0.845. The van der Waals surface area contributed by atoms with E-state index in [9.17, 15) is 19.8 Å². The molecule has 10 heteroatoms. The van der Waals surface area contributed by atoms with Gasteiger partial charge in [0.15, 0.2) is 0 Å². The Hall–Kier alpha value is -2.86. The molecule has 2 aromatic carbocycles. The number of nitrogens with one attached hydrogen (secondary N) is 1. The molecule has 294 valence electrons. The first-order valence-corrected chi connectivity index (χ1v) is 20.3. The van der Waals surface area contributed by atoms with Gasteiger partial charge in [0, 0.05) is 43.7 Å². The number of fused-ring (bicyclic) bond motifs is 2. The maximum Gasteiger partial charge on any atom is 0.253 e. The van der Waals surface area contributed by atoms with Gasteiger partial charge in [0.1, 0.15) is 12.1 Å². The smallest absolute Gasteiger partial charge is 0.253 e. The van der Waals surface area contributed by atoms with E-state index in [0.29, 0.717) is 48.4 Å². The van der Waals surface area contributed by atoms with Crippen molar-refractivity contribution in [3.05, 3.63) is 59.7 Å². The molecule has 3 aliphatic carbocycles. The van der Waals surface area contributed by atoms with Crippen molar-refractivity contribution < 1.29 is 24.6 Å². The van der Waals surface area contributed by atoms with E-state index in [1.165, 1.54) is 6.42 Å². The molecule has 1 aliphatic heterocycles. The molecule has 1 saturated heterocycles. The van der Waals surface area contributed by atoms with Crippen LogP contribution in [0.5, 0.6) is 0 Å². The predicted molar refractivity (Wildman–Crippen MR) is 211 cm³/mol. The average molecular weight is 734 g/mol. The van der Waals surface area contributed by atoms with Crippen LogP contribution in [-0.2, 0) is 16.2 Å². The number of amides is 2. The largest absolute Gasteiger partial charge is 0.394 e. The van der Waals surface area contributed by atoms with Crippen LogP contribution in [-0.4, -0.2) is 125 Å². The number of nitrogens with zero attached hydrogens (tertiary/aromatic N) is 4. The van der Waals surface area contributed by atoms with Gasteiger partial charge >= 0.3 is 0 Å². The summed E-state index contributed by atoms with van der Waals surface area (Å²) in [6.45, 7) is 24.2. The Morgan fingerprint density at radius 2 is 1.55 bits per heavy atom. The summed E-state index contributed by atoms with van der Waals surface area (Å²) < 4.78 is 0. The van der Waals surface area contributed by atoms with Crippen LogP contribution in [0.15, 0.2) is 48.5 Å². The van der Waals surface area contributed by atoms with Crippen molar-refractivity contribution in [3.63, 3.8) is 0 Å². The lowest BCUT2D eigenvalue weighted by atomic mass is 9.45. The number of carbonyl (C=O) groups is 2. The molecule has 0 aromatic heterocycles. The number of hydrogen-bond donors (Lipinski definition) is 3. The molecule has 0 unspecified atom stereocenters. The minimum absolute atomic E-state index is 0.0505. The molecule has 10 nitrogen and oxygen atoms in total. The van der Waals surface area contributed by atoms with Crippen LogP contribution in [0.2, 0.25) is 0 Å². The minimum Gasteiger partial charge on any atom is -0.394 e. The monoisotopic (exact) mass is 734 g/mol. The highest BCUT2D eigenvalue weighted by Crippen LogP contribution is 2.61. The molecule has 3 N–H and O–H groups in total. The molecule has 3 saturated carbocycles. The molecule has 0 spiro atoms. The van der Waals surface area contributed by atoms with Crippen molar-refractivity contribution in [1.82, 2.24) is 25.1 Å². The first kappa shape index (κ1) is 41.3. The number of hydrogen-bond acceptors (Lipinski definition) is 8. The lowest BCUT2D eigenvalue weighted by Gasteiger charge is -2.62. The van der Waals surface area contributed by atoms with E-state index in [1.54, 1.807) is 12.0 Å². The molecule has 0 radical (unpaired) electrons. The topological polar surface area (TPSA) is 109 Å². The fourth-order valence-electron chi connectivity index (χ4n) is 9.42. The number of carbonyl (C=O) groups excluding carboxylic acids is 2. The summed E-state index contributed by atoms with van der Waals surface area (Å²) in [5, 5.41) is 26.1. The van der Waals surface area contributed by atoms with Crippen LogP contribution >= 0.6 is 0 Å². The summed E-state index contributed by atoms with van der Waals surface area (Å²) >= 11 is 0. The van der Waals surface area contributed by atoms with Crippen molar-refractivity contribution in [2.75, 3.05) is 59.0 Å². The zero-order valence-electron chi connectivity index (χ0n) is 33.6. The molecule has 1 heterocycles. The van der Waals surface area contributed by atoms with Crippen molar-refractivity contribution >= 4 is 11.8 Å². The quantitative estimate of drug-likeness (QED) is 0.194. The van der Waals surface area contributed by atoms with Gasteiger partial charge in [0.25, 0.3) is 5.91 Å². The van der Waals surface area contributed by atoms with Crippen LogP contribution in [0, 0.1) is 29.1 Å². The van der Waals surface area contributed by atoms with E-state index >= 15 is 0 Å². The summed E-state index contributed by atoms with van der Waals surface area (Å²) in [7, 11) is 0. The third-order valence-electron chi connectivity index (χ3n) is 13.2. The zero-order valence-corrected chi connectivity index (χ0v) is 33.6. The third kappa shape index (κ3) is 9.17. The van der Waals surface area contributed by atoms with Gasteiger partial charge in [-0.1, -0.05) is 78.8 Å². The summed E-state index contributed by atoms with van der Waals surface area (Å²) in [4.78, 5) is 40.8. The standard InChI is InChI=1S/C43H67N5O5/c1-9-45(10-2)20-22-47(23-21-46(11-3)12-4)42(52)33-18-16-32(17-19-33)34-15-13-14-31(24-34)27-48-40(39(30(6)50)38(28-49)53-48)41(51)44-37-26-35-25-36(29(37)5)43(35,7)8/h13-19,24,29-30,35-40,49-50H,9-12,20-23,25-28H2,1-8H3,(H,44,51)/t29-,30-,35+,36-,37-,38-,39+,40-/m0/s1. The zero-order chi connectivity index (χ0) is 38.4. The fourth-order valence-corrected chi connectivity index (χ4v) is 9.42. The number of aliphatic hydroxyl groups is 2. The molecule has 2 bridgehead atoms. The second-order valence-electron chi connectivity index (χ2n) is 16.4. The fraction of sp³-hybridized carbons (Fsp3) is 0.674. The SMILES string of the molecule is CCN(CC)CCN(CCN(CC)CC)C(=O)c1ccc(-c2cccc(CN3O[C@@H](CO)[C@@H]([C@H](C)O)[C@H]3C(=O)N[C@H]3C[C@H]4C[C@@H]([C@@H]3C)C4(C)C)c2)cc1. The third-order valence-corrected chi connectivity index (χ3v) is 13.2. The van der Waals surface area contributed by atoms with Crippen molar-refractivity contribution in [2.45, 2.75) is 99.1 Å². The molecular formula is C43H67N5O5. The van der Waals surface area contributed by atoms with Gasteiger partial charge in [-0.15, -0.1) is 0 Å². The van der Waals surface area contributed by atoms with Crippen molar-refractivity contribution in [1.29, 1.82) is 0 Å². The highest BCUT2D eigenvalue weighted by atomic mass is 16.7. The Kier molecular flexibility index (Phi) is 14.2. The van der Waals surface area contributed by atoms with Crippen LogP contribution in [0.4, 0.5) is 0 Å². The summed E-state index contributed by atoms with van der Waals surface area (Å²) in [5.41, 5.74) is 3.91. The molecule has 4 fully saturated rings. The highest BCUT2D eigenvalue weighted by Gasteiger charge is 2.57. The summed E-state index contributed by atoms with van der Waals surface area (Å²) in [6.07, 6.45) is 0.656. The molecule has 4 aliphatic rings. The van der Waals surface area contributed by atoms with Gasteiger partial charge in [-0.3, -0.25) is 14.4 Å². The van der Waals surface area contributed by atoms with E-state index in [4.69, 9.17) is 4.84 Å². The maximum atomic E-state index is 14.1. The first-order chi connectivity index (χ1) is 25.4. The van der Waals surface area contributed by atoms with Crippen LogP contribution in [0.3, 0.4) is 0 Å². The van der Waals surface area contributed by atoms with Crippen molar-refractivity contribution in [3.8, 4) is 11.1 Å². The van der Waals surface area contributed by atoms with Crippen molar-refractivity contribution in [2.24, 2.45) is 29.1 Å². The maximum absolute atomic E-state index is 14.1. The number of rotatable bonds is 18. The number of likely N-dealkylation sites (N-methyl/N-ethyl adjacent to an activating group) is 2. The Morgan fingerprint density at radius 1 is 0.925 bits per heavy atom. The van der Waals surface area contributed by atoms with Gasteiger partial charge in [-0.25, -0.2) is 0 Å². The van der Waals surface area contributed by atoms with Crippen LogP contribution in [0.25, 0.3) is 11.1 Å². The van der Waals surface area contributed by atoms with Crippen LogP contribution in [0.1, 0.15) is 84.2 Å². The second kappa shape index (κ2) is 18.2. The van der Waals surface area contributed by atoms with E-state index in [1.807, 2.05) is 47.4 Å². The van der Waals surface area contributed by atoms with Crippen LogP contribution < -0.4 is 5.32 Å². The second-order valence-corrected chi connectivity index (χ2v) is 16.4. The molecule has 8 atom stereocenters. The Balaban J connectivity index is 1.30. The molecule has 53 heavy (non-hydrogen) atoms. The molecule has 2 amide bonds. The number of benzene rings is 2. The number of hydroxylamine groups is 2. The normalized spacial score (nSPS) is 27.1. The molecule has 6 rings (SSSR count). The van der Waals surface area contributed by atoms with Gasteiger partial charge in [0.05, 0.1) is 19.3 Å². The average Bonchev–Trinajstić information content (AvgIpc) is 3.53.